The highest BCUT2D eigenvalue weighted by Crippen LogP contribution is 2.29. The van der Waals surface area contributed by atoms with E-state index in [0.29, 0.717) is 12.8 Å². The van der Waals surface area contributed by atoms with Crippen LogP contribution in [0.5, 0.6) is 0 Å². The number of unbranched alkanes of at least 4 members (excludes halogenated alkanes) is 21. The Balaban J connectivity index is 4.09. The highest BCUT2D eigenvalue weighted by atomic mass is 31.0. The van der Waals surface area contributed by atoms with Gasteiger partial charge >= 0.3 is 0 Å². The van der Waals surface area contributed by atoms with Crippen molar-refractivity contribution >= 4 is 21.3 Å². The van der Waals surface area contributed by atoms with E-state index < -0.39 is 5.34 Å². The molecule has 0 aromatic heterocycles. The van der Waals surface area contributed by atoms with Crippen molar-refractivity contribution in [1.82, 2.24) is 0 Å². The molecule has 0 rings (SSSR count). The Morgan fingerprint density at radius 1 is 0.628 bits per heavy atom. The minimum atomic E-state index is -0.766. The molecule has 0 heterocycles. The summed E-state index contributed by atoms with van der Waals surface area (Å²) >= 11 is 0. The van der Waals surface area contributed by atoms with Gasteiger partial charge in [0, 0.05) is 12.8 Å². The van der Waals surface area contributed by atoms with E-state index in [1.54, 1.807) is 0 Å². The summed E-state index contributed by atoms with van der Waals surface area (Å²) in [5.41, 5.74) is 0. The van der Waals surface area contributed by atoms with Crippen molar-refractivity contribution < 1.29 is 19.4 Å². The van der Waals surface area contributed by atoms with E-state index in [2.05, 4.69) is 23.1 Å². The highest BCUT2D eigenvalue weighted by molar-refractivity contribution is 7.20. The van der Waals surface area contributed by atoms with E-state index >= 15 is 0 Å². The number of aldehydes is 1. The molecule has 4 nitrogen and oxygen atoms in total. The third kappa shape index (κ3) is 28.9. The predicted octanol–water partition coefficient (Wildman–Crippen LogP) is 11.8. The molecule has 1 N–H and O–H groups in total. The zero-order valence-corrected chi connectivity index (χ0v) is 30.3. The first-order valence-corrected chi connectivity index (χ1v) is 19.6. The largest absolute Gasteiger partial charge is 0.393 e. The molecule has 0 aliphatic heterocycles. The number of ketones is 1. The van der Waals surface area contributed by atoms with Crippen LogP contribution in [-0.4, -0.2) is 34.7 Å². The second-order valence-electron chi connectivity index (χ2n) is 13.6. The van der Waals surface area contributed by atoms with Crippen molar-refractivity contribution in [2.45, 2.75) is 231 Å². The van der Waals surface area contributed by atoms with Gasteiger partial charge in [-0.15, -0.1) is 0 Å². The van der Waals surface area contributed by atoms with Crippen molar-refractivity contribution in [3.63, 3.8) is 0 Å². The van der Waals surface area contributed by atoms with E-state index in [4.69, 9.17) is 4.74 Å². The molecule has 0 aliphatic carbocycles. The third-order valence-electron chi connectivity index (χ3n) is 9.02. The number of rotatable bonds is 35. The number of hydrogen-bond acceptors (Lipinski definition) is 4. The smallest absolute Gasteiger partial charge is 0.168 e. The molecule has 0 saturated heterocycles. The van der Waals surface area contributed by atoms with Crippen molar-refractivity contribution in [2.75, 3.05) is 0 Å². The van der Waals surface area contributed by atoms with Crippen LogP contribution in [-0.2, 0) is 14.3 Å². The monoisotopic (exact) mass is 627 g/mol. The SMILES string of the molecule is CCCCCCC(O)CCCCCCCCCCC(=O)C(C)(P)OC(CCCCCC)CCCCCCCCCCC=O. The van der Waals surface area contributed by atoms with Gasteiger partial charge in [-0.1, -0.05) is 164 Å². The molecule has 0 fully saturated rings. The molecular weight excluding hydrogens is 551 g/mol. The van der Waals surface area contributed by atoms with Crippen LogP contribution in [0.25, 0.3) is 0 Å². The van der Waals surface area contributed by atoms with Crippen LogP contribution >= 0.6 is 9.24 Å². The summed E-state index contributed by atoms with van der Waals surface area (Å²) in [5.74, 6) is 0.235. The van der Waals surface area contributed by atoms with Gasteiger partial charge in [0.15, 0.2) is 5.78 Å². The number of aliphatic hydroxyl groups is 1. The molecule has 256 valence electrons. The predicted molar refractivity (Wildman–Crippen MR) is 190 cm³/mol. The minimum Gasteiger partial charge on any atom is -0.393 e. The number of carbonyl (C=O) groups excluding carboxylic acids is 2. The maximum Gasteiger partial charge on any atom is 0.168 e. The number of hydrogen-bond donors (Lipinski definition) is 1. The summed E-state index contributed by atoms with van der Waals surface area (Å²) in [5, 5.41) is 9.35. The van der Waals surface area contributed by atoms with E-state index in [0.717, 1.165) is 57.7 Å². The van der Waals surface area contributed by atoms with Crippen LogP contribution in [0.2, 0.25) is 0 Å². The second kappa shape index (κ2) is 31.7. The van der Waals surface area contributed by atoms with E-state index in [9.17, 15) is 14.7 Å². The Morgan fingerprint density at radius 2 is 1.00 bits per heavy atom. The van der Waals surface area contributed by atoms with Crippen LogP contribution in [0.1, 0.15) is 213 Å². The fraction of sp³-hybridized carbons (Fsp3) is 0.947. The molecule has 0 amide bonds. The maximum absolute atomic E-state index is 13.1. The summed E-state index contributed by atoms with van der Waals surface area (Å²) < 4.78 is 6.51. The Morgan fingerprint density at radius 3 is 1.44 bits per heavy atom. The minimum absolute atomic E-state index is 0.0939. The van der Waals surface area contributed by atoms with Gasteiger partial charge in [0.2, 0.25) is 0 Å². The average Bonchev–Trinajstić information content (AvgIpc) is 2.98. The molecular formula is C38H75O4P. The molecule has 0 aliphatic rings. The molecule has 4 unspecified atom stereocenters. The van der Waals surface area contributed by atoms with Crippen molar-refractivity contribution in [2.24, 2.45) is 0 Å². The van der Waals surface area contributed by atoms with Gasteiger partial charge in [-0.2, -0.15) is 0 Å². The lowest BCUT2D eigenvalue weighted by Crippen LogP contribution is -2.36. The zero-order valence-electron chi connectivity index (χ0n) is 29.2. The van der Waals surface area contributed by atoms with Crippen LogP contribution in [0.3, 0.4) is 0 Å². The molecule has 0 saturated carbocycles. The van der Waals surface area contributed by atoms with Crippen LogP contribution in [0.15, 0.2) is 0 Å². The molecule has 0 aromatic carbocycles. The first kappa shape index (κ1) is 42.7. The molecule has 0 spiro atoms. The summed E-state index contributed by atoms with van der Waals surface area (Å²) in [7, 11) is 2.75. The second-order valence-corrected chi connectivity index (χ2v) is 14.7. The summed E-state index contributed by atoms with van der Waals surface area (Å²) in [4.78, 5) is 23.5. The molecule has 5 heteroatoms. The van der Waals surface area contributed by atoms with Gasteiger partial charge in [0.25, 0.3) is 0 Å². The Labute approximate surface area is 271 Å². The number of ether oxygens (including phenoxy) is 1. The number of aliphatic hydroxyl groups excluding tert-OH is 1. The fourth-order valence-electron chi connectivity index (χ4n) is 6.06. The lowest BCUT2D eigenvalue weighted by molar-refractivity contribution is -0.138. The number of carbonyl (C=O) groups is 2. The van der Waals surface area contributed by atoms with Gasteiger partial charge in [0.1, 0.15) is 11.6 Å². The standard InChI is InChI=1S/C38H75O4P/c1-4-6-8-23-29-35(40)30-24-19-15-12-13-17-21-27-33-37(41)38(3,43)42-36(31-25-9-7-5-2)32-26-20-16-11-10-14-18-22-28-34-39/h34-36,40H,4-33,43H2,1-3H3. The summed E-state index contributed by atoms with van der Waals surface area (Å²) in [6, 6.07) is 0. The van der Waals surface area contributed by atoms with E-state index in [1.807, 2.05) is 6.92 Å². The molecule has 0 bridgehead atoms. The van der Waals surface area contributed by atoms with Crippen molar-refractivity contribution in [1.29, 1.82) is 0 Å². The molecule has 43 heavy (non-hydrogen) atoms. The van der Waals surface area contributed by atoms with Gasteiger partial charge in [-0.3, -0.25) is 4.79 Å². The Hall–Kier alpha value is -0.310. The van der Waals surface area contributed by atoms with Gasteiger partial charge in [-0.05, 0) is 45.4 Å². The first-order chi connectivity index (χ1) is 20.9. The van der Waals surface area contributed by atoms with Gasteiger partial charge in [-0.25, -0.2) is 0 Å². The molecule has 0 radical (unpaired) electrons. The fourth-order valence-corrected chi connectivity index (χ4v) is 6.40. The summed E-state index contributed by atoms with van der Waals surface area (Å²) in [6.07, 6.45) is 35.6. The van der Waals surface area contributed by atoms with Crippen LogP contribution in [0.4, 0.5) is 0 Å². The molecule has 4 atom stereocenters. The lowest BCUT2D eigenvalue weighted by atomic mass is 10.0. The Kier molecular flexibility index (Phi) is 31.4. The highest BCUT2D eigenvalue weighted by Gasteiger charge is 2.31. The summed E-state index contributed by atoms with van der Waals surface area (Å²) in [6.45, 7) is 6.44. The van der Waals surface area contributed by atoms with Gasteiger partial charge < -0.3 is 14.6 Å². The molecule has 0 aromatic rings. The van der Waals surface area contributed by atoms with E-state index in [1.165, 1.54) is 128 Å². The average molecular weight is 627 g/mol. The van der Waals surface area contributed by atoms with Crippen LogP contribution < -0.4 is 0 Å². The van der Waals surface area contributed by atoms with E-state index in [-0.39, 0.29) is 18.0 Å². The normalized spacial score (nSPS) is 14.4. The van der Waals surface area contributed by atoms with Crippen molar-refractivity contribution in [3.05, 3.63) is 0 Å². The third-order valence-corrected chi connectivity index (χ3v) is 9.48. The quantitative estimate of drug-likeness (QED) is 0.0432. The van der Waals surface area contributed by atoms with Crippen molar-refractivity contribution in [3.8, 4) is 0 Å². The topological polar surface area (TPSA) is 63.6 Å². The lowest BCUT2D eigenvalue weighted by Gasteiger charge is -2.30. The zero-order chi connectivity index (χ0) is 31.9. The Bertz CT molecular complexity index is 609. The van der Waals surface area contributed by atoms with Gasteiger partial charge in [0.05, 0.1) is 12.2 Å². The first-order valence-electron chi connectivity index (χ1n) is 19.0. The maximum atomic E-state index is 13.1. The number of Topliss-reactive ketones (excluding diaryl/α,β-unsaturated/α-hetero) is 1. The van der Waals surface area contributed by atoms with Crippen LogP contribution in [0, 0.1) is 0 Å².